The Morgan fingerprint density at radius 3 is 2.60 bits per heavy atom. The molecule has 0 spiro atoms. The third-order valence-corrected chi connectivity index (χ3v) is 4.65. The van der Waals surface area contributed by atoms with Gasteiger partial charge in [-0.15, -0.1) is 0 Å². The second-order valence-corrected chi connectivity index (χ2v) is 6.60. The summed E-state index contributed by atoms with van der Waals surface area (Å²) in [5.41, 5.74) is 5.53. The Labute approximate surface area is 150 Å². The van der Waals surface area contributed by atoms with Crippen molar-refractivity contribution < 1.29 is 4.79 Å². The molecule has 0 bridgehead atoms. The Morgan fingerprint density at radius 2 is 2.00 bits per heavy atom. The molecule has 2 aromatic rings. The van der Waals surface area contributed by atoms with Crippen molar-refractivity contribution in [2.75, 3.05) is 17.2 Å². The number of anilines is 2. The van der Waals surface area contributed by atoms with Crippen LogP contribution in [0.1, 0.15) is 49.9 Å². The van der Waals surface area contributed by atoms with Crippen LogP contribution in [0.5, 0.6) is 0 Å². The van der Waals surface area contributed by atoms with Crippen LogP contribution in [0.3, 0.4) is 0 Å². The lowest BCUT2D eigenvalue weighted by atomic mass is 10.2. The number of nitrogen functional groups attached to an aromatic ring is 1. The maximum atomic E-state index is 12.9. The first kappa shape index (κ1) is 19.0. The molecule has 8 heteroatoms. The van der Waals surface area contributed by atoms with Crippen molar-refractivity contribution in [3.63, 3.8) is 0 Å². The van der Waals surface area contributed by atoms with E-state index in [-0.39, 0.29) is 17.4 Å². The molecule has 0 aliphatic rings. The summed E-state index contributed by atoms with van der Waals surface area (Å²) >= 11 is 1.41. The standard InChI is InChI=1S/C17H24N4O3S/c1-3-5-8-20(16(23)12-7-10-25-11-12)13-14(18)21(9-6-4-2)17(24)19-15(13)22/h7,10-11H,3-6,8-9,18H2,1-2H3,(H,19,22,24). The van der Waals surface area contributed by atoms with E-state index in [1.54, 1.807) is 16.8 Å². The van der Waals surface area contributed by atoms with Crippen molar-refractivity contribution in [1.82, 2.24) is 9.55 Å². The van der Waals surface area contributed by atoms with Crippen LogP contribution >= 0.6 is 11.3 Å². The SMILES string of the molecule is CCCCN(C(=O)c1ccsc1)c1c(N)n(CCCC)c(=O)[nH]c1=O. The number of nitrogens with one attached hydrogen (secondary N) is 1. The highest BCUT2D eigenvalue weighted by molar-refractivity contribution is 7.08. The highest BCUT2D eigenvalue weighted by Gasteiger charge is 2.25. The number of rotatable bonds is 8. The topological polar surface area (TPSA) is 101 Å². The van der Waals surface area contributed by atoms with Crippen molar-refractivity contribution in [2.45, 2.75) is 46.1 Å². The van der Waals surface area contributed by atoms with Gasteiger partial charge in [0.25, 0.3) is 11.5 Å². The average Bonchev–Trinajstić information content (AvgIpc) is 3.11. The van der Waals surface area contributed by atoms with Crippen LogP contribution in [-0.4, -0.2) is 22.0 Å². The van der Waals surface area contributed by atoms with Gasteiger partial charge in [0, 0.05) is 18.5 Å². The summed E-state index contributed by atoms with van der Waals surface area (Å²) in [5, 5.41) is 3.54. The molecule has 7 nitrogen and oxygen atoms in total. The maximum absolute atomic E-state index is 12.9. The Hall–Kier alpha value is -2.35. The van der Waals surface area contributed by atoms with E-state index in [0.717, 1.165) is 25.7 Å². The van der Waals surface area contributed by atoms with Gasteiger partial charge < -0.3 is 10.6 Å². The van der Waals surface area contributed by atoms with Gasteiger partial charge in [0.05, 0.1) is 5.56 Å². The molecule has 0 saturated heterocycles. The lowest BCUT2D eigenvalue weighted by molar-refractivity contribution is 0.0986. The van der Waals surface area contributed by atoms with E-state index in [1.807, 2.05) is 13.8 Å². The number of aromatic nitrogens is 2. The first-order valence-corrected chi connectivity index (χ1v) is 9.42. The molecule has 2 rings (SSSR count). The smallest absolute Gasteiger partial charge is 0.330 e. The lowest BCUT2D eigenvalue weighted by Crippen LogP contribution is -2.41. The summed E-state index contributed by atoms with van der Waals surface area (Å²) < 4.78 is 1.33. The Balaban J connectivity index is 2.54. The van der Waals surface area contributed by atoms with E-state index in [9.17, 15) is 14.4 Å². The van der Waals surface area contributed by atoms with Gasteiger partial charge >= 0.3 is 5.69 Å². The second kappa shape index (κ2) is 8.66. The number of aromatic amines is 1. The molecule has 136 valence electrons. The van der Waals surface area contributed by atoms with Gasteiger partial charge in [0.15, 0.2) is 5.69 Å². The highest BCUT2D eigenvalue weighted by Crippen LogP contribution is 2.21. The molecule has 1 amide bonds. The largest absolute Gasteiger partial charge is 0.383 e. The number of nitrogens with zero attached hydrogens (tertiary/aromatic N) is 2. The predicted octanol–water partition coefficient (Wildman–Crippen LogP) is 2.43. The minimum Gasteiger partial charge on any atom is -0.383 e. The molecule has 0 aliphatic carbocycles. The van der Waals surface area contributed by atoms with Gasteiger partial charge in [-0.3, -0.25) is 19.1 Å². The molecule has 2 heterocycles. The molecule has 0 saturated carbocycles. The number of amides is 1. The van der Waals surface area contributed by atoms with Gasteiger partial charge in [0.2, 0.25) is 0 Å². The zero-order valence-corrected chi connectivity index (χ0v) is 15.4. The lowest BCUT2D eigenvalue weighted by Gasteiger charge is -2.24. The fraction of sp³-hybridized carbons (Fsp3) is 0.471. The van der Waals surface area contributed by atoms with Crippen LogP contribution in [0.2, 0.25) is 0 Å². The third kappa shape index (κ3) is 4.19. The summed E-state index contributed by atoms with van der Waals surface area (Å²) in [7, 11) is 0. The quantitative estimate of drug-likeness (QED) is 0.751. The fourth-order valence-corrected chi connectivity index (χ4v) is 3.18. The van der Waals surface area contributed by atoms with Gasteiger partial charge in [-0.1, -0.05) is 26.7 Å². The molecule has 3 N–H and O–H groups in total. The predicted molar refractivity (Wildman–Crippen MR) is 102 cm³/mol. The Kier molecular flexibility index (Phi) is 6.58. The van der Waals surface area contributed by atoms with E-state index >= 15 is 0 Å². The first-order valence-electron chi connectivity index (χ1n) is 8.47. The molecule has 0 radical (unpaired) electrons. The van der Waals surface area contributed by atoms with Crippen molar-refractivity contribution in [3.8, 4) is 0 Å². The van der Waals surface area contributed by atoms with Crippen molar-refractivity contribution in [1.29, 1.82) is 0 Å². The number of unbranched alkanes of at least 4 members (excludes halogenated alkanes) is 2. The molecule has 0 aromatic carbocycles. The Morgan fingerprint density at radius 1 is 1.28 bits per heavy atom. The van der Waals surface area contributed by atoms with E-state index in [0.29, 0.717) is 18.7 Å². The number of H-pyrrole nitrogens is 1. The zero-order chi connectivity index (χ0) is 18.4. The normalized spacial score (nSPS) is 10.8. The molecule has 0 unspecified atom stereocenters. The number of hydrogen-bond donors (Lipinski definition) is 2. The van der Waals surface area contributed by atoms with E-state index < -0.39 is 11.2 Å². The summed E-state index contributed by atoms with van der Waals surface area (Å²) in [4.78, 5) is 41.1. The fourth-order valence-electron chi connectivity index (χ4n) is 2.55. The summed E-state index contributed by atoms with van der Waals surface area (Å²) in [6, 6.07) is 1.71. The highest BCUT2D eigenvalue weighted by atomic mass is 32.1. The molecule has 0 atom stereocenters. The Bertz CT molecular complexity index is 823. The minimum atomic E-state index is -0.630. The van der Waals surface area contributed by atoms with Crippen LogP contribution in [0.25, 0.3) is 0 Å². The summed E-state index contributed by atoms with van der Waals surface area (Å²) in [5.74, 6) is -0.241. The van der Waals surface area contributed by atoms with Gasteiger partial charge in [0.1, 0.15) is 5.82 Å². The maximum Gasteiger partial charge on any atom is 0.330 e. The molecule has 2 aromatic heterocycles. The van der Waals surface area contributed by atoms with Crippen LogP contribution in [-0.2, 0) is 6.54 Å². The number of thiophene rings is 1. The first-order chi connectivity index (χ1) is 12.0. The van der Waals surface area contributed by atoms with Crippen molar-refractivity contribution >= 4 is 28.7 Å². The minimum absolute atomic E-state index is 0.0434. The molecular weight excluding hydrogens is 340 g/mol. The van der Waals surface area contributed by atoms with E-state index in [1.165, 1.54) is 20.8 Å². The van der Waals surface area contributed by atoms with Gasteiger partial charge in [-0.05, 0) is 24.3 Å². The number of nitrogens with two attached hydrogens (primary N) is 1. The molecular formula is C17H24N4O3S. The van der Waals surface area contributed by atoms with Crippen LogP contribution in [0.4, 0.5) is 11.5 Å². The van der Waals surface area contributed by atoms with Gasteiger partial charge in [-0.2, -0.15) is 11.3 Å². The number of hydrogen-bond acceptors (Lipinski definition) is 5. The van der Waals surface area contributed by atoms with Gasteiger partial charge in [-0.25, -0.2) is 4.79 Å². The average molecular weight is 364 g/mol. The molecule has 0 aliphatic heterocycles. The molecule has 0 fully saturated rings. The van der Waals surface area contributed by atoms with Crippen LogP contribution in [0.15, 0.2) is 26.4 Å². The monoisotopic (exact) mass is 364 g/mol. The van der Waals surface area contributed by atoms with Crippen molar-refractivity contribution in [3.05, 3.63) is 43.2 Å². The second-order valence-electron chi connectivity index (χ2n) is 5.82. The summed E-state index contributed by atoms with van der Waals surface area (Å²) in [6.45, 7) is 4.77. The van der Waals surface area contributed by atoms with Crippen LogP contribution in [0, 0.1) is 0 Å². The summed E-state index contributed by atoms with van der Waals surface area (Å²) in [6.07, 6.45) is 3.22. The van der Waals surface area contributed by atoms with E-state index in [4.69, 9.17) is 5.73 Å². The third-order valence-electron chi connectivity index (χ3n) is 3.97. The number of carbonyl (C=O) groups excluding carboxylic acids is 1. The van der Waals surface area contributed by atoms with Crippen LogP contribution < -0.4 is 21.9 Å². The van der Waals surface area contributed by atoms with E-state index in [2.05, 4.69) is 4.98 Å². The number of carbonyl (C=O) groups is 1. The van der Waals surface area contributed by atoms with Crippen molar-refractivity contribution in [2.24, 2.45) is 0 Å². The molecule has 25 heavy (non-hydrogen) atoms. The zero-order valence-electron chi connectivity index (χ0n) is 14.6.